The predicted molar refractivity (Wildman–Crippen MR) is 179 cm³/mol. The lowest BCUT2D eigenvalue weighted by atomic mass is 10.0. The third kappa shape index (κ3) is 14.6. The summed E-state index contributed by atoms with van der Waals surface area (Å²) in [5.74, 6) is -0.616. The van der Waals surface area contributed by atoms with Crippen LogP contribution >= 0.6 is 0 Å². The summed E-state index contributed by atoms with van der Waals surface area (Å²) in [4.78, 5) is 46.3. The molecule has 0 aliphatic rings. The zero-order valence-corrected chi connectivity index (χ0v) is 27.1. The van der Waals surface area contributed by atoms with Crippen LogP contribution in [0.3, 0.4) is 0 Å². The highest BCUT2D eigenvalue weighted by molar-refractivity contribution is 6.09. The molecule has 2 N–H and O–H groups in total. The summed E-state index contributed by atoms with van der Waals surface area (Å²) in [5, 5.41) is 16.8. The Kier molecular flexibility index (Phi) is 16.7. The van der Waals surface area contributed by atoms with Crippen LogP contribution in [0.2, 0.25) is 0 Å². The first kappa shape index (κ1) is 37.9. The van der Waals surface area contributed by atoms with E-state index in [0.717, 1.165) is 12.8 Å². The number of hydrogen-bond donors (Lipinski definition) is 2. The molecule has 4 aromatic rings. The van der Waals surface area contributed by atoms with Crippen molar-refractivity contribution in [1.29, 1.82) is 0 Å². The maximum atomic E-state index is 12.3. The van der Waals surface area contributed by atoms with Crippen LogP contribution in [0.5, 0.6) is 11.5 Å². The van der Waals surface area contributed by atoms with Crippen molar-refractivity contribution in [2.75, 3.05) is 13.2 Å². The lowest BCUT2D eigenvalue weighted by molar-refractivity contribution is -0.150. The molecule has 47 heavy (non-hydrogen) atoms. The van der Waals surface area contributed by atoms with Crippen LogP contribution in [-0.4, -0.2) is 59.1 Å². The molecule has 9 heteroatoms. The van der Waals surface area contributed by atoms with Gasteiger partial charge in [0.2, 0.25) is 0 Å². The number of aliphatic hydroxyl groups is 1. The Balaban J connectivity index is 0.000000290. The number of esters is 1. The summed E-state index contributed by atoms with van der Waals surface area (Å²) in [7, 11) is 0. The van der Waals surface area contributed by atoms with Crippen molar-refractivity contribution >= 4 is 23.5 Å². The Morgan fingerprint density at radius 3 is 1.28 bits per heavy atom. The summed E-state index contributed by atoms with van der Waals surface area (Å²) in [6.45, 7) is 6.97. The van der Waals surface area contributed by atoms with Gasteiger partial charge in [0, 0.05) is 22.3 Å². The standard InChI is InChI=1S/C19H20O4.C15H12O4.C4H10O/c1-3-14(2)23-18(20)13-22-17-11-9-16(10-12-17)19(21)15-7-5-4-6-8-15;16-14(17)10-19-13-8-6-12(7-9-13)15(18)11-4-2-1-3-5-11;1-3-4(2)5/h4-12,14H,3,13H2,1-2H3;1-9H,10H2,(H,16,17);4-5H,3H2,1-2H3. The molecule has 0 spiro atoms. The van der Waals surface area contributed by atoms with Gasteiger partial charge in [0.05, 0.1) is 12.2 Å². The summed E-state index contributed by atoms with van der Waals surface area (Å²) < 4.78 is 15.5. The number of aliphatic carboxylic acids is 1. The lowest BCUT2D eigenvalue weighted by Crippen LogP contribution is -2.20. The van der Waals surface area contributed by atoms with Gasteiger partial charge in [-0.25, -0.2) is 9.59 Å². The fourth-order valence-corrected chi connectivity index (χ4v) is 3.55. The van der Waals surface area contributed by atoms with E-state index in [1.54, 1.807) is 91.9 Å². The molecule has 0 saturated carbocycles. The normalized spacial score (nSPS) is 11.3. The lowest BCUT2D eigenvalue weighted by Gasteiger charge is -2.11. The fourth-order valence-electron chi connectivity index (χ4n) is 3.55. The molecule has 0 aliphatic carbocycles. The maximum Gasteiger partial charge on any atom is 0.344 e. The molecule has 9 nitrogen and oxygen atoms in total. The van der Waals surface area contributed by atoms with E-state index in [1.807, 2.05) is 45.0 Å². The van der Waals surface area contributed by atoms with Crippen molar-refractivity contribution in [3.8, 4) is 11.5 Å². The van der Waals surface area contributed by atoms with Crippen molar-refractivity contribution in [3.05, 3.63) is 131 Å². The molecule has 2 unspecified atom stereocenters. The van der Waals surface area contributed by atoms with Crippen LogP contribution in [0.4, 0.5) is 0 Å². The van der Waals surface area contributed by atoms with Gasteiger partial charge >= 0.3 is 11.9 Å². The molecular weight excluding hydrogens is 600 g/mol. The Bertz CT molecular complexity index is 1520. The number of ketones is 2. The van der Waals surface area contributed by atoms with E-state index < -0.39 is 18.5 Å². The van der Waals surface area contributed by atoms with Crippen molar-refractivity contribution in [2.24, 2.45) is 0 Å². The smallest absolute Gasteiger partial charge is 0.344 e. The summed E-state index contributed by atoms with van der Waals surface area (Å²) in [5.41, 5.74) is 2.36. The molecule has 0 amide bonds. The van der Waals surface area contributed by atoms with E-state index >= 15 is 0 Å². The number of hydrogen-bond acceptors (Lipinski definition) is 8. The predicted octanol–water partition coefficient (Wildman–Crippen LogP) is 6.80. The molecule has 4 aromatic carbocycles. The van der Waals surface area contributed by atoms with Crippen molar-refractivity contribution in [2.45, 2.75) is 52.7 Å². The van der Waals surface area contributed by atoms with Gasteiger partial charge < -0.3 is 24.4 Å². The number of rotatable bonds is 13. The van der Waals surface area contributed by atoms with Gasteiger partial charge in [-0.2, -0.15) is 0 Å². The molecule has 0 fully saturated rings. The van der Waals surface area contributed by atoms with Crippen molar-refractivity contribution in [3.63, 3.8) is 0 Å². The summed E-state index contributed by atoms with van der Waals surface area (Å²) in [6.07, 6.45) is 1.40. The van der Waals surface area contributed by atoms with E-state index in [1.165, 1.54) is 0 Å². The molecule has 0 aromatic heterocycles. The minimum Gasteiger partial charge on any atom is -0.482 e. The number of carbonyl (C=O) groups excluding carboxylic acids is 3. The van der Waals surface area contributed by atoms with Crippen molar-refractivity contribution < 1.29 is 43.6 Å². The van der Waals surface area contributed by atoms with Crippen LogP contribution in [0.1, 0.15) is 72.4 Å². The zero-order valence-electron chi connectivity index (χ0n) is 27.1. The maximum absolute atomic E-state index is 12.3. The highest BCUT2D eigenvalue weighted by Gasteiger charge is 2.11. The number of carboxylic acid groups (broad SMARTS) is 1. The Hall–Kier alpha value is -5.28. The first-order valence-electron chi connectivity index (χ1n) is 15.3. The van der Waals surface area contributed by atoms with Crippen LogP contribution in [0.15, 0.2) is 109 Å². The monoisotopic (exact) mass is 642 g/mol. The number of carbonyl (C=O) groups is 4. The molecular formula is C38H42O9. The minimum atomic E-state index is -1.04. The second kappa shape index (κ2) is 20.7. The van der Waals surface area contributed by atoms with Gasteiger partial charge in [0.15, 0.2) is 24.8 Å². The fraction of sp³-hybridized carbons (Fsp3) is 0.263. The van der Waals surface area contributed by atoms with Gasteiger partial charge in [-0.05, 0) is 75.2 Å². The number of carboxylic acids is 1. The zero-order chi connectivity index (χ0) is 34.6. The van der Waals surface area contributed by atoms with E-state index in [2.05, 4.69) is 0 Å². The van der Waals surface area contributed by atoms with E-state index in [9.17, 15) is 19.2 Å². The van der Waals surface area contributed by atoms with Crippen LogP contribution in [-0.2, 0) is 14.3 Å². The molecule has 0 heterocycles. The molecule has 0 radical (unpaired) electrons. The highest BCUT2D eigenvalue weighted by Crippen LogP contribution is 2.17. The van der Waals surface area contributed by atoms with Gasteiger partial charge in [-0.3, -0.25) is 9.59 Å². The SMILES string of the molecule is CCC(C)O.CCC(C)OC(=O)COc1ccc(C(=O)c2ccccc2)cc1.O=C(O)COc1ccc(C(=O)c2ccccc2)cc1. The number of aliphatic hydroxyl groups excluding tert-OH is 1. The van der Waals surface area contributed by atoms with Gasteiger partial charge in [-0.15, -0.1) is 0 Å². The minimum absolute atomic E-state index is 0.0478. The third-order valence-corrected chi connectivity index (χ3v) is 6.52. The summed E-state index contributed by atoms with van der Waals surface area (Å²) >= 11 is 0. The average molecular weight is 643 g/mol. The van der Waals surface area contributed by atoms with E-state index in [0.29, 0.717) is 33.8 Å². The highest BCUT2D eigenvalue weighted by atomic mass is 16.6. The molecule has 248 valence electrons. The van der Waals surface area contributed by atoms with Gasteiger partial charge in [0.25, 0.3) is 0 Å². The van der Waals surface area contributed by atoms with Crippen LogP contribution in [0.25, 0.3) is 0 Å². The molecule has 0 aliphatic heterocycles. The van der Waals surface area contributed by atoms with Crippen molar-refractivity contribution in [1.82, 2.24) is 0 Å². The van der Waals surface area contributed by atoms with Crippen LogP contribution in [0, 0.1) is 0 Å². The third-order valence-electron chi connectivity index (χ3n) is 6.52. The Labute approximate surface area is 275 Å². The Morgan fingerprint density at radius 1 is 0.574 bits per heavy atom. The summed E-state index contributed by atoms with van der Waals surface area (Å²) in [6, 6.07) is 31.1. The quantitative estimate of drug-likeness (QED) is 0.119. The number of benzene rings is 4. The van der Waals surface area contributed by atoms with Crippen LogP contribution < -0.4 is 9.47 Å². The van der Waals surface area contributed by atoms with Gasteiger partial charge in [0.1, 0.15) is 11.5 Å². The molecule has 2 atom stereocenters. The molecule has 4 rings (SSSR count). The number of ether oxygens (including phenoxy) is 3. The first-order chi connectivity index (χ1) is 22.5. The largest absolute Gasteiger partial charge is 0.482 e. The first-order valence-corrected chi connectivity index (χ1v) is 15.3. The molecule has 0 bridgehead atoms. The second-order valence-electron chi connectivity index (χ2n) is 10.4. The van der Waals surface area contributed by atoms with Gasteiger partial charge in [-0.1, -0.05) is 74.5 Å². The van der Waals surface area contributed by atoms with E-state index in [4.69, 9.17) is 24.4 Å². The second-order valence-corrected chi connectivity index (χ2v) is 10.4. The average Bonchev–Trinajstić information content (AvgIpc) is 3.10. The molecule has 0 saturated heterocycles. The topological polar surface area (TPSA) is 136 Å². The Morgan fingerprint density at radius 2 is 0.936 bits per heavy atom. The van der Waals surface area contributed by atoms with E-state index in [-0.39, 0.29) is 30.4 Å².